The van der Waals surface area contributed by atoms with Gasteiger partial charge in [0.1, 0.15) is 0 Å². The van der Waals surface area contributed by atoms with Crippen LogP contribution in [-0.2, 0) is 0 Å². The van der Waals surface area contributed by atoms with Gasteiger partial charge >= 0.3 is 0 Å². The van der Waals surface area contributed by atoms with E-state index >= 15 is 0 Å². The van der Waals surface area contributed by atoms with E-state index in [2.05, 4.69) is 43.3 Å². The van der Waals surface area contributed by atoms with Crippen molar-refractivity contribution >= 4 is 27.3 Å². The standard InChI is InChI=1S/C15H18BrN3S/c16-12-7-15(20-10-12)14(8-17)19-6-2-4-13(19)11-3-1-5-18-9-11/h1,3,5,7,9-10,13-14H,2,4,6,8,17H2. The summed E-state index contributed by atoms with van der Waals surface area (Å²) in [4.78, 5) is 8.14. The number of hydrogen-bond donors (Lipinski definition) is 1. The number of nitrogens with two attached hydrogens (primary N) is 1. The van der Waals surface area contributed by atoms with Gasteiger partial charge in [0.2, 0.25) is 0 Å². The fourth-order valence-electron chi connectivity index (χ4n) is 3.01. The molecule has 1 saturated heterocycles. The first-order chi connectivity index (χ1) is 9.79. The van der Waals surface area contributed by atoms with Crippen molar-refractivity contribution < 1.29 is 0 Å². The van der Waals surface area contributed by atoms with Gasteiger partial charge in [-0.2, -0.15) is 0 Å². The summed E-state index contributed by atoms with van der Waals surface area (Å²) < 4.78 is 1.15. The van der Waals surface area contributed by atoms with Gasteiger partial charge < -0.3 is 5.73 Å². The fourth-order valence-corrected chi connectivity index (χ4v) is 4.59. The molecule has 3 heterocycles. The van der Waals surface area contributed by atoms with Gasteiger partial charge in [0.15, 0.2) is 0 Å². The molecule has 2 aromatic heterocycles. The first kappa shape index (κ1) is 14.2. The number of pyridine rings is 1. The van der Waals surface area contributed by atoms with Crippen molar-refractivity contribution in [1.29, 1.82) is 0 Å². The van der Waals surface area contributed by atoms with Crippen molar-refractivity contribution in [2.75, 3.05) is 13.1 Å². The first-order valence-corrected chi connectivity index (χ1v) is 8.56. The lowest BCUT2D eigenvalue weighted by Gasteiger charge is -2.31. The lowest BCUT2D eigenvalue weighted by molar-refractivity contribution is 0.188. The SMILES string of the molecule is NCC(c1cc(Br)cs1)N1CCCC1c1cccnc1. The summed E-state index contributed by atoms with van der Waals surface area (Å²) in [6.45, 7) is 1.76. The van der Waals surface area contributed by atoms with E-state index in [4.69, 9.17) is 5.73 Å². The summed E-state index contributed by atoms with van der Waals surface area (Å²) in [6.07, 6.45) is 6.23. The van der Waals surface area contributed by atoms with Crippen LogP contribution in [0.1, 0.15) is 35.4 Å². The Morgan fingerprint density at radius 3 is 3.10 bits per heavy atom. The van der Waals surface area contributed by atoms with E-state index in [1.807, 2.05) is 18.5 Å². The highest BCUT2D eigenvalue weighted by Crippen LogP contribution is 2.40. The second kappa shape index (κ2) is 6.35. The van der Waals surface area contributed by atoms with E-state index in [-0.39, 0.29) is 0 Å². The third-order valence-electron chi connectivity index (χ3n) is 3.90. The van der Waals surface area contributed by atoms with Crippen LogP contribution in [0.2, 0.25) is 0 Å². The molecule has 1 fully saturated rings. The highest BCUT2D eigenvalue weighted by atomic mass is 79.9. The molecule has 0 aromatic carbocycles. The monoisotopic (exact) mass is 351 g/mol. The number of hydrogen-bond acceptors (Lipinski definition) is 4. The maximum absolute atomic E-state index is 6.07. The van der Waals surface area contributed by atoms with Gasteiger partial charge in [0, 0.05) is 39.7 Å². The Morgan fingerprint density at radius 1 is 1.55 bits per heavy atom. The maximum atomic E-state index is 6.07. The quantitative estimate of drug-likeness (QED) is 0.911. The minimum atomic E-state index is 0.305. The largest absolute Gasteiger partial charge is 0.329 e. The summed E-state index contributed by atoms with van der Waals surface area (Å²) in [5, 5.41) is 2.13. The van der Waals surface area contributed by atoms with Crippen LogP contribution in [0.3, 0.4) is 0 Å². The van der Waals surface area contributed by atoms with Gasteiger partial charge in [0.05, 0.1) is 6.04 Å². The summed E-state index contributed by atoms with van der Waals surface area (Å²) in [7, 11) is 0. The van der Waals surface area contributed by atoms with E-state index in [0.717, 1.165) is 11.0 Å². The molecule has 0 saturated carbocycles. The zero-order valence-corrected chi connectivity index (χ0v) is 13.6. The Labute approximate surface area is 131 Å². The van der Waals surface area contributed by atoms with E-state index < -0.39 is 0 Å². The lowest BCUT2D eigenvalue weighted by Crippen LogP contribution is -2.33. The zero-order chi connectivity index (χ0) is 13.9. The van der Waals surface area contributed by atoms with Crippen LogP contribution in [-0.4, -0.2) is 23.0 Å². The predicted molar refractivity (Wildman–Crippen MR) is 86.7 cm³/mol. The van der Waals surface area contributed by atoms with Gasteiger partial charge in [-0.05, 0) is 53.0 Å². The van der Waals surface area contributed by atoms with Crippen molar-refractivity contribution in [1.82, 2.24) is 9.88 Å². The number of aromatic nitrogens is 1. The smallest absolute Gasteiger partial charge is 0.0570 e. The number of likely N-dealkylation sites (tertiary alicyclic amines) is 1. The van der Waals surface area contributed by atoms with E-state index in [9.17, 15) is 0 Å². The van der Waals surface area contributed by atoms with Crippen molar-refractivity contribution in [3.63, 3.8) is 0 Å². The number of nitrogens with zero attached hydrogens (tertiary/aromatic N) is 2. The highest BCUT2D eigenvalue weighted by molar-refractivity contribution is 9.10. The van der Waals surface area contributed by atoms with E-state index in [1.54, 1.807) is 11.3 Å². The number of rotatable bonds is 4. The molecular weight excluding hydrogens is 334 g/mol. The molecule has 2 N–H and O–H groups in total. The zero-order valence-electron chi connectivity index (χ0n) is 11.2. The molecule has 20 heavy (non-hydrogen) atoms. The lowest BCUT2D eigenvalue weighted by atomic mass is 10.0. The molecule has 5 heteroatoms. The average molecular weight is 352 g/mol. The van der Waals surface area contributed by atoms with Crippen LogP contribution in [0.4, 0.5) is 0 Å². The summed E-state index contributed by atoms with van der Waals surface area (Å²) >= 11 is 5.32. The van der Waals surface area contributed by atoms with Gasteiger partial charge in [0.25, 0.3) is 0 Å². The van der Waals surface area contributed by atoms with Crippen molar-refractivity contribution in [2.24, 2.45) is 5.73 Å². The molecule has 0 spiro atoms. The van der Waals surface area contributed by atoms with Crippen molar-refractivity contribution in [2.45, 2.75) is 24.9 Å². The van der Waals surface area contributed by atoms with Gasteiger partial charge in [-0.3, -0.25) is 9.88 Å². The molecule has 2 unspecified atom stereocenters. The molecule has 1 aliphatic heterocycles. The predicted octanol–water partition coefficient (Wildman–Crippen LogP) is 3.74. The first-order valence-electron chi connectivity index (χ1n) is 6.89. The van der Waals surface area contributed by atoms with Gasteiger partial charge in [-0.25, -0.2) is 0 Å². The van der Waals surface area contributed by atoms with Crippen LogP contribution in [0.15, 0.2) is 40.4 Å². The van der Waals surface area contributed by atoms with Crippen LogP contribution in [0.5, 0.6) is 0 Å². The Balaban J connectivity index is 1.87. The van der Waals surface area contributed by atoms with Crippen LogP contribution >= 0.6 is 27.3 Å². The highest BCUT2D eigenvalue weighted by Gasteiger charge is 2.32. The minimum absolute atomic E-state index is 0.305. The number of thiophene rings is 1. The van der Waals surface area contributed by atoms with Crippen LogP contribution in [0.25, 0.3) is 0 Å². The topological polar surface area (TPSA) is 42.1 Å². The molecule has 0 radical (unpaired) electrons. The molecule has 106 valence electrons. The molecule has 3 rings (SSSR count). The Hall–Kier alpha value is -0.750. The Bertz CT molecular complexity index is 557. The molecular formula is C15H18BrN3S. The maximum Gasteiger partial charge on any atom is 0.0570 e. The van der Waals surface area contributed by atoms with Crippen LogP contribution in [0, 0.1) is 0 Å². The van der Waals surface area contributed by atoms with Crippen molar-refractivity contribution in [3.05, 3.63) is 50.9 Å². The molecule has 2 aromatic rings. The molecule has 2 atom stereocenters. The Morgan fingerprint density at radius 2 is 2.45 bits per heavy atom. The number of halogens is 1. The summed E-state index contributed by atoms with van der Waals surface area (Å²) in [6, 6.07) is 7.14. The van der Waals surface area contributed by atoms with E-state index in [1.165, 1.54) is 23.3 Å². The molecule has 1 aliphatic rings. The van der Waals surface area contributed by atoms with E-state index in [0.29, 0.717) is 18.6 Å². The second-order valence-electron chi connectivity index (χ2n) is 5.10. The third-order valence-corrected chi connectivity index (χ3v) is 5.70. The summed E-state index contributed by atoms with van der Waals surface area (Å²) in [5.41, 5.74) is 7.37. The normalized spacial score (nSPS) is 21.2. The van der Waals surface area contributed by atoms with Gasteiger partial charge in [-0.1, -0.05) is 6.07 Å². The second-order valence-corrected chi connectivity index (χ2v) is 6.96. The molecule has 0 amide bonds. The van der Waals surface area contributed by atoms with Gasteiger partial charge in [-0.15, -0.1) is 11.3 Å². The Kier molecular flexibility index (Phi) is 4.51. The molecule has 0 bridgehead atoms. The third kappa shape index (κ3) is 2.81. The average Bonchev–Trinajstić information content (AvgIpc) is 3.11. The molecule has 0 aliphatic carbocycles. The minimum Gasteiger partial charge on any atom is -0.329 e. The molecule has 3 nitrogen and oxygen atoms in total. The fraction of sp³-hybridized carbons (Fsp3) is 0.400. The van der Waals surface area contributed by atoms with Crippen molar-refractivity contribution in [3.8, 4) is 0 Å². The summed E-state index contributed by atoms with van der Waals surface area (Å²) in [5.74, 6) is 0. The van der Waals surface area contributed by atoms with Crippen LogP contribution < -0.4 is 5.73 Å².